The zero-order valence-corrected chi connectivity index (χ0v) is 23.3. The van der Waals surface area contributed by atoms with Gasteiger partial charge in [-0.25, -0.2) is 4.39 Å². The minimum atomic E-state index is -1.53. The zero-order chi connectivity index (χ0) is 27.3. The normalized spacial score (nSPS) is 26.0. The molecule has 2 N–H and O–H groups in total. The number of hydrogen-bond acceptors (Lipinski definition) is 4. The SMILES string of the molecule is CC(C)(C)OC(=O)C(C)(C)[C@@]1(O)C(C)(C)C(C)(C)c2cc(F)ccc2[C@]1(C)C(C)(C)C.O=CO. The van der Waals surface area contributed by atoms with Gasteiger partial charge in [0.2, 0.25) is 0 Å². The molecule has 1 aromatic rings. The summed E-state index contributed by atoms with van der Waals surface area (Å²) in [4.78, 5) is 22.0. The molecular formula is C28H45FO5. The molecule has 0 aliphatic heterocycles. The lowest BCUT2D eigenvalue weighted by Gasteiger charge is -2.71. The van der Waals surface area contributed by atoms with Crippen LogP contribution in [-0.4, -0.2) is 33.9 Å². The Morgan fingerprint density at radius 1 is 0.941 bits per heavy atom. The van der Waals surface area contributed by atoms with Crippen molar-refractivity contribution >= 4 is 12.4 Å². The van der Waals surface area contributed by atoms with Crippen LogP contribution in [0.1, 0.15) is 101 Å². The van der Waals surface area contributed by atoms with Crippen LogP contribution in [-0.2, 0) is 25.2 Å². The Labute approximate surface area is 205 Å². The first-order chi connectivity index (χ1) is 14.9. The minimum absolute atomic E-state index is 0.250. The molecule has 2 rings (SSSR count). The third-order valence-corrected chi connectivity index (χ3v) is 8.70. The predicted molar refractivity (Wildman–Crippen MR) is 133 cm³/mol. The van der Waals surface area contributed by atoms with E-state index in [0.29, 0.717) is 0 Å². The van der Waals surface area contributed by atoms with Crippen LogP contribution < -0.4 is 0 Å². The number of benzene rings is 1. The Morgan fingerprint density at radius 2 is 1.38 bits per heavy atom. The van der Waals surface area contributed by atoms with Gasteiger partial charge in [0, 0.05) is 10.8 Å². The van der Waals surface area contributed by atoms with Crippen LogP contribution in [0.15, 0.2) is 18.2 Å². The molecule has 5 nitrogen and oxygen atoms in total. The predicted octanol–water partition coefficient (Wildman–Crippen LogP) is 6.25. The zero-order valence-electron chi connectivity index (χ0n) is 23.3. The van der Waals surface area contributed by atoms with Crippen LogP contribution in [0.25, 0.3) is 0 Å². The summed E-state index contributed by atoms with van der Waals surface area (Å²) < 4.78 is 20.3. The van der Waals surface area contributed by atoms with Crippen molar-refractivity contribution in [2.24, 2.45) is 16.2 Å². The van der Waals surface area contributed by atoms with Gasteiger partial charge in [0.25, 0.3) is 6.47 Å². The highest BCUT2D eigenvalue weighted by Gasteiger charge is 2.75. The maximum atomic E-state index is 14.4. The Bertz CT molecular complexity index is 933. The third kappa shape index (κ3) is 4.06. The van der Waals surface area contributed by atoms with E-state index in [1.165, 1.54) is 6.07 Å². The van der Waals surface area contributed by atoms with Crippen molar-refractivity contribution < 1.29 is 28.9 Å². The maximum absolute atomic E-state index is 14.4. The van der Waals surface area contributed by atoms with Gasteiger partial charge >= 0.3 is 5.97 Å². The maximum Gasteiger partial charge on any atom is 0.315 e. The summed E-state index contributed by atoms with van der Waals surface area (Å²) in [6.07, 6.45) is 0. The standard InChI is InChI=1S/C27H43FO3.CH2O2/c1-21(2,3)26(13)18-15-14-17(28)16-19(18)23(7,8)25(11,12)27(26,30)24(9,10)20(29)31-22(4,5)6;2-1-3/h14-16,30H,1-13H3;1H,(H,2,3)/t26-,27-;/m1./s1. The van der Waals surface area contributed by atoms with Crippen molar-refractivity contribution in [2.45, 2.75) is 112 Å². The Hall–Kier alpha value is -1.95. The first-order valence-corrected chi connectivity index (χ1v) is 11.8. The quantitative estimate of drug-likeness (QED) is 0.386. The first-order valence-electron chi connectivity index (χ1n) is 11.8. The summed E-state index contributed by atoms with van der Waals surface area (Å²) in [5, 5.41) is 19.9. The molecule has 2 atom stereocenters. The van der Waals surface area contributed by atoms with E-state index in [9.17, 15) is 14.3 Å². The average Bonchev–Trinajstić information content (AvgIpc) is 2.63. The van der Waals surface area contributed by atoms with Crippen molar-refractivity contribution in [1.82, 2.24) is 0 Å². The largest absolute Gasteiger partial charge is 0.483 e. The van der Waals surface area contributed by atoms with Gasteiger partial charge in [0.15, 0.2) is 0 Å². The molecule has 0 saturated heterocycles. The minimum Gasteiger partial charge on any atom is -0.483 e. The third-order valence-electron chi connectivity index (χ3n) is 8.70. The fraction of sp³-hybridized carbons (Fsp3) is 0.714. The molecule has 0 saturated carbocycles. The average molecular weight is 481 g/mol. The van der Waals surface area contributed by atoms with E-state index in [-0.39, 0.29) is 12.3 Å². The van der Waals surface area contributed by atoms with Crippen LogP contribution in [0.4, 0.5) is 4.39 Å². The lowest BCUT2D eigenvalue weighted by atomic mass is 9.34. The van der Waals surface area contributed by atoms with E-state index in [4.69, 9.17) is 14.6 Å². The fourth-order valence-electron chi connectivity index (χ4n) is 5.98. The smallest absolute Gasteiger partial charge is 0.315 e. The van der Waals surface area contributed by atoms with Gasteiger partial charge in [-0.15, -0.1) is 0 Å². The molecule has 194 valence electrons. The Morgan fingerprint density at radius 3 is 1.76 bits per heavy atom. The second-order valence-corrected chi connectivity index (χ2v) is 13.3. The lowest BCUT2D eigenvalue weighted by molar-refractivity contribution is -0.255. The molecule has 1 aromatic carbocycles. The number of rotatable bonds is 2. The van der Waals surface area contributed by atoms with Crippen molar-refractivity contribution in [3.8, 4) is 0 Å². The number of esters is 1. The van der Waals surface area contributed by atoms with Gasteiger partial charge in [-0.1, -0.05) is 61.5 Å². The summed E-state index contributed by atoms with van der Waals surface area (Å²) in [5.74, 6) is -0.733. The summed E-state index contributed by atoms with van der Waals surface area (Å²) in [6, 6.07) is 4.85. The Balaban J connectivity index is 0.00000182. The van der Waals surface area contributed by atoms with E-state index >= 15 is 0 Å². The number of halogens is 1. The molecule has 0 amide bonds. The molecule has 0 heterocycles. The molecule has 1 aliphatic rings. The molecule has 0 aromatic heterocycles. The highest BCUT2D eigenvalue weighted by Crippen LogP contribution is 2.70. The molecule has 34 heavy (non-hydrogen) atoms. The molecule has 0 spiro atoms. The number of hydrogen-bond donors (Lipinski definition) is 2. The summed E-state index contributed by atoms with van der Waals surface area (Å²) in [6.45, 7) is 25.1. The van der Waals surface area contributed by atoms with E-state index in [0.717, 1.165) is 11.1 Å². The summed E-state index contributed by atoms with van der Waals surface area (Å²) in [7, 11) is 0. The second-order valence-electron chi connectivity index (χ2n) is 13.3. The molecule has 6 heteroatoms. The van der Waals surface area contributed by atoms with Crippen molar-refractivity contribution in [2.75, 3.05) is 0 Å². The van der Waals surface area contributed by atoms with E-state index in [2.05, 4.69) is 20.8 Å². The van der Waals surface area contributed by atoms with Gasteiger partial charge in [0.05, 0.1) is 11.0 Å². The highest BCUT2D eigenvalue weighted by atomic mass is 19.1. The first kappa shape index (κ1) is 30.1. The molecule has 0 radical (unpaired) electrons. The van der Waals surface area contributed by atoms with Crippen LogP contribution in [0.5, 0.6) is 0 Å². The number of carbonyl (C=O) groups excluding carboxylic acids is 1. The van der Waals surface area contributed by atoms with Gasteiger partial charge in [0.1, 0.15) is 11.4 Å². The van der Waals surface area contributed by atoms with Gasteiger partial charge in [-0.3, -0.25) is 9.59 Å². The number of carboxylic acid groups (broad SMARTS) is 1. The summed E-state index contributed by atoms with van der Waals surface area (Å²) in [5.41, 5.74) is -4.49. The van der Waals surface area contributed by atoms with Crippen LogP contribution >= 0.6 is 0 Å². The fourth-order valence-corrected chi connectivity index (χ4v) is 5.98. The van der Waals surface area contributed by atoms with Gasteiger partial charge < -0.3 is 14.9 Å². The van der Waals surface area contributed by atoms with Gasteiger partial charge in [-0.05, 0) is 68.7 Å². The number of ether oxygens (including phenoxy) is 1. The number of aliphatic hydroxyl groups is 1. The summed E-state index contributed by atoms with van der Waals surface area (Å²) >= 11 is 0. The van der Waals surface area contributed by atoms with Crippen molar-refractivity contribution in [3.63, 3.8) is 0 Å². The van der Waals surface area contributed by atoms with Crippen LogP contribution in [0.3, 0.4) is 0 Å². The van der Waals surface area contributed by atoms with Gasteiger partial charge in [-0.2, -0.15) is 0 Å². The topological polar surface area (TPSA) is 83.8 Å². The van der Waals surface area contributed by atoms with Crippen LogP contribution in [0, 0.1) is 22.1 Å². The second kappa shape index (κ2) is 8.61. The molecule has 0 unspecified atom stereocenters. The lowest BCUT2D eigenvalue weighted by Crippen LogP contribution is -2.77. The monoisotopic (exact) mass is 480 g/mol. The van der Waals surface area contributed by atoms with E-state index in [1.54, 1.807) is 26.0 Å². The molecule has 1 aliphatic carbocycles. The van der Waals surface area contributed by atoms with Crippen molar-refractivity contribution in [1.29, 1.82) is 0 Å². The van der Waals surface area contributed by atoms with E-state index in [1.807, 2.05) is 55.4 Å². The van der Waals surface area contributed by atoms with Crippen molar-refractivity contribution in [3.05, 3.63) is 35.1 Å². The Kier molecular flexibility index (Phi) is 7.62. The molecule has 0 bridgehead atoms. The number of fused-ring (bicyclic) bond motifs is 1. The molecular weight excluding hydrogens is 435 g/mol. The van der Waals surface area contributed by atoms with E-state index < -0.39 is 44.2 Å². The highest BCUT2D eigenvalue weighted by molar-refractivity contribution is 5.79. The van der Waals surface area contributed by atoms with Crippen LogP contribution in [0.2, 0.25) is 0 Å². The molecule has 0 fully saturated rings. The number of carbonyl (C=O) groups is 2.